The van der Waals surface area contributed by atoms with Gasteiger partial charge in [0, 0.05) is 6.42 Å². The van der Waals surface area contributed by atoms with Crippen LogP contribution in [0, 0.1) is 0 Å². The molecule has 4 heteroatoms. The molecule has 0 fully saturated rings. The summed E-state index contributed by atoms with van der Waals surface area (Å²) in [5.41, 5.74) is 0. The van der Waals surface area contributed by atoms with Crippen LogP contribution in [-0.2, 0) is 9.53 Å². The van der Waals surface area contributed by atoms with Gasteiger partial charge in [0.15, 0.2) is 0 Å². The number of aliphatic hydroxyl groups excluding tert-OH is 2. The third-order valence-corrected chi connectivity index (χ3v) is 2.27. The van der Waals surface area contributed by atoms with Gasteiger partial charge in [-0.2, -0.15) is 0 Å². The van der Waals surface area contributed by atoms with Crippen LogP contribution in [0.5, 0.6) is 0 Å². The van der Waals surface area contributed by atoms with Gasteiger partial charge < -0.3 is 14.9 Å². The van der Waals surface area contributed by atoms with E-state index in [4.69, 9.17) is 4.74 Å². The van der Waals surface area contributed by atoms with Crippen LogP contribution in [0.25, 0.3) is 0 Å². The van der Waals surface area contributed by atoms with Crippen molar-refractivity contribution in [3.8, 4) is 0 Å². The number of ether oxygens (including phenoxy) is 1. The number of cyclic esters (lactones) is 1. The highest BCUT2D eigenvalue weighted by atomic mass is 16.5. The highest BCUT2D eigenvalue weighted by Crippen LogP contribution is 2.07. The number of carbonyl (C=O) groups excluding carboxylic acids is 1. The van der Waals surface area contributed by atoms with Gasteiger partial charge in [-0.05, 0) is 13.3 Å². The minimum absolute atomic E-state index is 0.0410. The zero-order valence-electron chi connectivity index (χ0n) is 9.37. The molecule has 16 heavy (non-hydrogen) atoms. The maximum Gasteiger partial charge on any atom is 0.309 e. The van der Waals surface area contributed by atoms with Gasteiger partial charge in [-0.25, -0.2) is 0 Å². The first-order valence-corrected chi connectivity index (χ1v) is 5.47. The number of hydrogen-bond acceptors (Lipinski definition) is 4. The van der Waals surface area contributed by atoms with E-state index in [1.165, 1.54) is 6.08 Å². The molecule has 1 aliphatic heterocycles. The van der Waals surface area contributed by atoms with Gasteiger partial charge in [-0.3, -0.25) is 4.79 Å². The molecule has 0 aromatic rings. The summed E-state index contributed by atoms with van der Waals surface area (Å²) in [5.74, 6) is -0.404. The Morgan fingerprint density at radius 2 is 1.81 bits per heavy atom. The summed E-state index contributed by atoms with van der Waals surface area (Å²) >= 11 is 0. The molecular formula is C12H18O4. The van der Waals surface area contributed by atoms with Crippen molar-refractivity contribution in [2.24, 2.45) is 0 Å². The molecule has 0 unspecified atom stereocenters. The van der Waals surface area contributed by atoms with Gasteiger partial charge in [0.2, 0.25) is 0 Å². The van der Waals surface area contributed by atoms with Crippen LogP contribution in [0.15, 0.2) is 24.3 Å². The number of hydrogen-bond donors (Lipinski definition) is 2. The molecule has 0 spiro atoms. The van der Waals surface area contributed by atoms with Crippen LogP contribution in [0.3, 0.4) is 0 Å². The summed E-state index contributed by atoms with van der Waals surface area (Å²) in [4.78, 5) is 11.3. The Labute approximate surface area is 95.2 Å². The standard InChI is InChI=1S/C12H18O4/c1-9-4-2-5-10(13)6-3-7-11(14)8-12(15)16-9/h2-3,5,7,9-11,13-14H,4,6,8H2,1H3/b5-2-,7-3-/t9-,10+,11-/m1/s1. The Morgan fingerprint density at radius 3 is 2.56 bits per heavy atom. The second kappa shape index (κ2) is 6.45. The smallest absolute Gasteiger partial charge is 0.309 e. The Bertz CT molecular complexity index is 283. The van der Waals surface area contributed by atoms with Gasteiger partial charge in [-0.15, -0.1) is 0 Å². The first-order valence-electron chi connectivity index (χ1n) is 5.47. The Morgan fingerprint density at radius 1 is 1.19 bits per heavy atom. The topological polar surface area (TPSA) is 66.8 Å². The lowest BCUT2D eigenvalue weighted by Crippen LogP contribution is -2.19. The van der Waals surface area contributed by atoms with Crippen molar-refractivity contribution in [3.63, 3.8) is 0 Å². The van der Waals surface area contributed by atoms with E-state index in [-0.39, 0.29) is 12.5 Å². The van der Waals surface area contributed by atoms with Crippen LogP contribution in [-0.4, -0.2) is 34.5 Å². The predicted octanol–water partition coefficient (Wildman–Crippen LogP) is 0.936. The third-order valence-electron chi connectivity index (χ3n) is 2.27. The van der Waals surface area contributed by atoms with E-state index in [0.29, 0.717) is 12.8 Å². The van der Waals surface area contributed by atoms with E-state index in [1.54, 1.807) is 25.2 Å². The van der Waals surface area contributed by atoms with E-state index >= 15 is 0 Å². The van der Waals surface area contributed by atoms with Crippen molar-refractivity contribution in [1.82, 2.24) is 0 Å². The maximum absolute atomic E-state index is 11.3. The second-order valence-corrected chi connectivity index (χ2v) is 3.97. The van der Waals surface area contributed by atoms with Crippen LogP contribution >= 0.6 is 0 Å². The number of aliphatic hydroxyl groups is 2. The fourth-order valence-electron chi connectivity index (χ4n) is 1.44. The quantitative estimate of drug-likeness (QED) is 0.476. The first kappa shape index (κ1) is 12.9. The summed E-state index contributed by atoms with van der Waals surface area (Å²) in [6, 6.07) is 0. The van der Waals surface area contributed by atoms with Crippen molar-refractivity contribution < 1.29 is 19.7 Å². The number of carbonyl (C=O) groups is 1. The lowest BCUT2D eigenvalue weighted by molar-refractivity contribution is -0.149. The van der Waals surface area contributed by atoms with E-state index < -0.39 is 18.2 Å². The van der Waals surface area contributed by atoms with Crippen LogP contribution < -0.4 is 0 Å². The summed E-state index contributed by atoms with van der Waals surface area (Å²) in [6.07, 6.45) is 5.99. The minimum atomic E-state index is -0.838. The monoisotopic (exact) mass is 226 g/mol. The van der Waals surface area contributed by atoms with Crippen LogP contribution in [0.2, 0.25) is 0 Å². The van der Waals surface area contributed by atoms with E-state index in [9.17, 15) is 15.0 Å². The molecule has 0 saturated heterocycles. The van der Waals surface area contributed by atoms with E-state index in [1.807, 2.05) is 0 Å². The van der Waals surface area contributed by atoms with Gasteiger partial charge in [-0.1, -0.05) is 24.3 Å². The maximum atomic E-state index is 11.3. The SMILES string of the molecule is C[C@@H]1C/C=C\[C@H](O)C/C=C\[C@@H](O)CC(=O)O1. The Balaban J connectivity index is 2.63. The molecule has 1 heterocycles. The fourth-order valence-corrected chi connectivity index (χ4v) is 1.44. The molecule has 4 nitrogen and oxygen atoms in total. The minimum Gasteiger partial charge on any atom is -0.462 e. The van der Waals surface area contributed by atoms with Crippen molar-refractivity contribution >= 4 is 5.97 Å². The molecule has 0 radical (unpaired) electrons. The molecule has 0 saturated carbocycles. The lowest BCUT2D eigenvalue weighted by Gasteiger charge is -2.13. The average molecular weight is 226 g/mol. The largest absolute Gasteiger partial charge is 0.462 e. The van der Waals surface area contributed by atoms with Crippen molar-refractivity contribution in [1.29, 1.82) is 0 Å². The fraction of sp³-hybridized carbons (Fsp3) is 0.583. The zero-order valence-corrected chi connectivity index (χ0v) is 9.37. The predicted molar refractivity (Wildman–Crippen MR) is 59.7 cm³/mol. The Hall–Kier alpha value is -1.13. The Kier molecular flexibility index (Phi) is 5.22. The second-order valence-electron chi connectivity index (χ2n) is 3.97. The van der Waals surface area contributed by atoms with Crippen molar-refractivity contribution in [2.75, 3.05) is 0 Å². The first-order chi connectivity index (χ1) is 7.58. The molecule has 1 rings (SSSR count). The normalized spacial score (nSPS) is 36.7. The van der Waals surface area contributed by atoms with Crippen molar-refractivity contribution in [3.05, 3.63) is 24.3 Å². The van der Waals surface area contributed by atoms with Crippen LogP contribution in [0.1, 0.15) is 26.2 Å². The molecular weight excluding hydrogens is 208 g/mol. The molecule has 0 amide bonds. The molecule has 0 aliphatic carbocycles. The van der Waals surface area contributed by atoms with Gasteiger partial charge in [0.05, 0.1) is 18.6 Å². The summed E-state index contributed by atoms with van der Waals surface area (Å²) < 4.78 is 5.06. The summed E-state index contributed by atoms with van der Waals surface area (Å²) in [7, 11) is 0. The van der Waals surface area contributed by atoms with Crippen molar-refractivity contribution in [2.45, 2.75) is 44.5 Å². The summed E-state index contributed by atoms with van der Waals surface area (Å²) in [5, 5.41) is 18.9. The molecule has 0 aromatic carbocycles. The van der Waals surface area contributed by atoms with E-state index in [0.717, 1.165) is 0 Å². The molecule has 2 N–H and O–H groups in total. The zero-order chi connectivity index (χ0) is 12.0. The molecule has 90 valence electrons. The average Bonchev–Trinajstić information content (AvgIpc) is 2.15. The lowest BCUT2D eigenvalue weighted by atomic mass is 10.1. The molecule has 1 aliphatic rings. The van der Waals surface area contributed by atoms with Gasteiger partial charge in [0.1, 0.15) is 6.10 Å². The highest BCUT2D eigenvalue weighted by molar-refractivity contribution is 5.70. The molecule has 3 atom stereocenters. The third kappa shape index (κ3) is 5.09. The van der Waals surface area contributed by atoms with Gasteiger partial charge in [0.25, 0.3) is 0 Å². The van der Waals surface area contributed by atoms with Crippen LogP contribution in [0.4, 0.5) is 0 Å². The van der Waals surface area contributed by atoms with Gasteiger partial charge >= 0.3 is 5.97 Å². The summed E-state index contributed by atoms with van der Waals surface area (Å²) in [6.45, 7) is 1.78. The molecule has 0 bridgehead atoms. The number of rotatable bonds is 0. The molecule has 0 aromatic heterocycles. The highest BCUT2D eigenvalue weighted by Gasteiger charge is 2.13. The van der Waals surface area contributed by atoms with E-state index in [2.05, 4.69) is 0 Å². The number of esters is 1.